The Hall–Kier alpha value is -1.70. The third-order valence-electron chi connectivity index (χ3n) is 3.42. The predicted molar refractivity (Wildman–Crippen MR) is 92.0 cm³/mol. The van der Waals surface area contributed by atoms with Gasteiger partial charge in [-0.25, -0.2) is 4.79 Å². The topological polar surface area (TPSA) is 80.6 Å². The molecule has 0 aliphatic heterocycles. The highest BCUT2D eigenvalue weighted by atomic mass is 79.9. The van der Waals surface area contributed by atoms with Gasteiger partial charge in [0.1, 0.15) is 11.1 Å². The molecule has 0 fully saturated rings. The highest BCUT2D eigenvalue weighted by molar-refractivity contribution is 9.10. The number of rotatable bonds is 7. The number of amides is 1. The van der Waals surface area contributed by atoms with Crippen molar-refractivity contribution >= 4 is 32.8 Å². The zero-order valence-corrected chi connectivity index (χ0v) is 14.7. The molecule has 0 radical (unpaired) electrons. The van der Waals surface area contributed by atoms with Gasteiger partial charge < -0.3 is 19.8 Å². The Balaban J connectivity index is 2.12. The third kappa shape index (κ3) is 4.40. The standard InChI is InChI=1S/C16H19BrN2O4/c1-10-12-9-11(17)3-4-13(12)23-16(21)14(10)15(20)19-6-5-18-7-8-22-2/h3-4,9,18H,5-8H2,1-2H3,(H,19,20). The van der Waals surface area contributed by atoms with Crippen LogP contribution >= 0.6 is 15.9 Å². The van der Waals surface area contributed by atoms with Gasteiger partial charge in [0.25, 0.3) is 5.91 Å². The Bertz CT molecular complexity index is 758. The summed E-state index contributed by atoms with van der Waals surface area (Å²) in [6.07, 6.45) is 0. The van der Waals surface area contributed by atoms with Crippen molar-refractivity contribution in [1.29, 1.82) is 0 Å². The van der Waals surface area contributed by atoms with E-state index in [0.29, 0.717) is 37.4 Å². The number of halogens is 1. The third-order valence-corrected chi connectivity index (χ3v) is 3.92. The monoisotopic (exact) mass is 382 g/mol. The molecule has 0 unspecified atom stereocenters. The highest BCUT2D eigenvalue weighted by Gasteiger charge is 2.18. The van der Waals surface area contributed by atoms with Crippen molar-refractivity contribution in [2.75, 3.05) is 33.4 Å². The summed E-state index contributed by atoms with van der Waals surface area (Å²) in [6, 6.07) is 5.32. The first-order valence-electron chi connectivity index (χ1n) is 7.25. The number of aryl methyl sites for hydroxylation is 1. The molecule has 0 spiro atoms. The summed E-state index contributed by atoms with van der Waals surface area (Å²) in [4.78, 5) is 24.4. The van der Waals surface area contributed by atoms with Crippen molar-refractivity contribution in [2.24, 2.45) is 0 Å². The fraction of sp³-hybridized carbons (Fsp3) is 0.375. The van der Waals surface area contributed by atoms with Crippen LogP contribution in [0.5, 0.6) is 0 Å². The lowest BCUT2D eigenvalue weighted by molar-refractivity contribution is 0.0949. The molecular weight excluding hydrogens is 364 g/mol. The number of fused-ring (bicyclic) bond motifs is 1. The molecule has 0 saturated heterocycles. The molecular formula is C16H19BrN2O4. The first-order chi connectivity index (χ1) is 11.0. The molecule has 0 aliphatic carbocycles. The molecule has 0 aliphatic rings. The Morgan fingerprint density at radius 3 is 2.83 bits per heavy atom. The molecule has 23 heavy (non-hydrogen) atoms. The summed E-state index contributed by atoms with van der Waals surface area (Å²) in [5.41, 5.74) is 0.505. The number of carbonyl (C=O) groups is 1. The summed E-state index contributed by atoms with van der Waals surface area (Å²) >= 11 is 3.38. The fourth-order valence-corrected chi connectivity index (χ4v) is 2.60. The van der Waals surface area contributed by atoms with Gasteiger partial charge in [-0.1, -0.05) is 15.9 Å². The van der Waals surface area contributed by atoms with E-state index < -0.39 is 11.5 Å². The summed E-state index contributed by atoms with van der Waals surface area (Å²) < 4.78 is 11.0. The van der Waals surface area contributed by atoms with Gasteiger partial charge in [-0.3, -0.25) is 4.79 Å². The van der Waals surface area contributed by atoms with Crippen LogP contribution in [0, 0.1) is 6.92 Å². The minimum atomic E-state index is -0.623. The average Bonchev–Trinajstić information content (AvgIpc) is 2.51. The second-order valence-electron chi connectivity index (χ2n) is 5.03. The van der Waals surface area contributed by atoms with Crippen LogP contribution < -0.4 is 16.3 Å². The fourth-order valence-electron chi connectivity index (χ4n) is 2.24. The number of hydrogen-bond acceptors (Lipinski definition) is 5. The lowest BCUT2D eigenvalue weighted by atomic mass is 10.1. The molecule has 1 aromatic carbocycles. The predicted octanol–water partition coefficient (Wildman–Crippen LogP) is 1.83. The second-order valence-corrected chi connectivity index (χ2v) is 5.94. The minimum Gasteiger partial charge on any atom is -0.422 e. The Kier molecular flexibility index (Phi) is 6.32. The Morgan fingerprint density at radius 1 is 1.30 bits per heavy atom. The van der Waals surface area contributed by atoms with Gasteiger partial charge in [-0.05, 0) is 30.7 Å². The first kappa shape index (κ1) is 17.7. The van der Waals surface area contributed by atoms with Crippen molar-refractivity contribution in [3.63, 3.8) is 0 Å². The molecule has 7 heteroatoms. The van der Waals surface area contributed by atoms with Crippen LogP contribution in [0.2, 0.25) is 0 Å². The highest BCUT2D eigenvalue weighted by Crippen LogP contribution is 2.23. The van der Waals surface area contributed by atoms with E-state index in [-0.39, 0.29) is 5.56 Å². The summed E-state index contributed by atoms with van der Waals surface area (Å²) in [6.45, 7) is 4.07. The number of hydrogen-bond donors (Lipinski definition) is 2. The zero-order valence-electron chi connectivity index (χ0n) is 13.1. The maximum Gasteiger partial charge on any atom is 0.349 e. The SMILES string of the molecule is COCCNCCNC(=O)c1c(C)c2cc(Br)ccc2oc1=O. The number of nitrogens with one attached hydrogen (secondary N) is 2. The molecule has 1 heterocycles. The number of ether oxygens (including phenoxy) is 1. The van der Waals surface area contributed by atoms with E-state index in [9.17, 15) is 9.59 Å². The molecule has 2 aromatic rings. The maximum absolute atomic E-state index is 12.3. The lowest BCUT2D eigenvalue weighted by Crippen LogP contribution is -2.35. The van der Waals surface area contributed by atoms with Gasteiger partial charge in [-0.2, -0.15) is 0 Å². The molecule has 2 rings (SSSR count). The average molecular weight is 383 g/mol. The van der Waals surface area contributed by atoms with E-state index in [0.717, 1.165) is 9.86 Å². The van der Waals surface area contributed by atoms with Crippen molar-refractivity contribution in [3.8, 4) is 0 Å². The van der Waals surface area contributed by atoms with Crippen LogP contribution in [0.15, 0.2) is 31.9 Å². The van der Waals surface area contributed by atoms with Crippen molar-refractivity contribution < 1.29 is 13.9 Å². The van der Waals surface area contributed by atoms with Gasteiger partial charge in [0.15, 0.2) is 0 Å². The molecule has 0 saturated carbocycles. The number of methoxy groups -OCH3 is 1. The zero-order chi connectivity index (χ0) is 16.8. The smallest absolute Gasteiger partial charge is 0.349 e. The van der Waals surface area contributed by atoms with E-state index in [4.69, 9.17) is 9.15 Å². The quantitative estimate of drug-likeness (QED) is 0.563. The summed E-state index contributed by atoms with van der Waals surface area (Å²) in [5, 5.41) is 6.57. The second kappa shape index (κ2) is 8.24. The van der Waals surface area contributed by atoms with E-state index in [1.54, 1.807) is 26.2 Å². The number of benzene rings is 1. The molecule has 124 valence electrons. The molecule has 2 N–H and O–H groups in total. The van der Waals surface area contributed by atoms with Crippen LogP contribution in [-0.4, -0.2) is 39.3 Å². The van der Waals surface area contributed by atoms with Crippen LogP contribution in [0.25, 0.3) is 11.0 Å². The normalized spacial score (nSPS) is 10.9. The molecule has 1 amide bonds. The molecule has 0 bridgehead atoms. The van der Waals surface area contributed by atoms with Crippen molar-refractivity contribution in [1.82, 2.24) is 10.6 Å². The minimum absolute atomic E-state index is 0.0486. The van der Waals surface area contributed by atoms with E-state index in [1.165, 1.54) is 0 Å². The largest absolute Gasteiger partial charge is 0.422 e. The van der Waals surface area contributed by atoms with Crippen molar-refractivity contribution in [2.45, 2.75) is 6.92 Å². The van der Waals surface area contributed by atoms with Gasteiger partial charge in [0.05, 0.1) is 6.61 Å². The first-order valence-corrected chi connectivity index (χ1v) is 8.04. The molecule has 1 aromatic heterocycles. The van der Waals surface area contributed by atoms with Crippen LogP contribution in [0.3, 0.4) is 0 Å². The summed E-state index contributed by atoms with van der Waals surface area (Å²) in [5.74, 6) is -0.424. The van der Waals surface area contributed by atoms with Crippen molar-refractivity contribution in [3.05, 3.63) is 44.2 Å². The van der Waals surface area contributed by atoms with Crippen LogP contribution in [-0.2, 0) is 4.74 Å². The maximum atomic E-state index is 12.3. The van der Waals surface area contributed by atoms with Crippen LogP contribution in [0.1, 0.15) is 15.9 Å². The van der Waals surface area contributed by atoms with E-state index in [2.05, 4.69) is 26.6 Å². The Morgan fingerprint density at radius 2 is 2.09 bits per heavy atom. The molecule has 6 nitrogen and oxygen atoms in total. The van der Waals surface area contributed by atoms with Gasteiger partial charge in [0, 0.05) is 36.6 Å². The number of carbonyl (C=O) groups excluding carboxylic acids is 1. The van der Waals surface area contributed by atoms with Gasteiger partial charge in [-0.15, -0.1) is 0 Å². The van der Waals surface area contributed by atoms with Gasteiger partial charge >= 0.3 is 5.63 Å². The lowest BCUT2D eigenvalue weighted by Gasteiger charge is -2.09. The van der Waals surface area contributed by atoms with E-state index >= 15 is 0 Å². The Labute approximate surface area is 142 Å². The molecule has 0 atom stereocenters. The summed E-state index contributed by atoms with van der Waals surface area (Å²) in [7, 11) is 1.63. The van der Waals surface area contributed by atoms with E-state index in [1.807, 2.05) is 6.07 Å². The van der Waals surface area contributed by atoms with Gasteiger partial charge in [0.2, 0.25) is 0 Å². The van der Waals surface area contributed by atoms with Crippen LogP contribution in [0.4, 0.5) is 0 Å².